The minimum absolute atomic E-state index is 0.204. The molecule has 0 unspecified atom stereocenters. The summed E-state index contributed by atoms with van der Waals surface area (Å²) in [6, 6.07) is 7.44. The first-order chi connectivity index (χ1) is 10.0. The summed E-state index contributed by atoms with van der Waals surface area (Å²) in [5.74, 6) is 0. The molecule has 0 saturated heterocycles. The van der Waals surface area contributed by atoms with Crippen molar-refractivity contribution in [3.63, 3.8) is 0 Å². The fraction of sp³-hybridized carbons (Fsp3) is 0.267. The second kappa shape index (κ2) is 4.73. The highest BCUT2D eigenvalue weighted by molar-refractivity contribution is 5.78. The van der Waals surface area contributed by atoms with Crippen LogP contribution in [0, 0.1) is 6.92 Å². The first-order valence-electron chi connectivity index (χ1n) is 6.80. The Morgan fingerprint density at radius 1 is 1.19 bits per heavy atom. The lowest BCUT2D eigenvalue weighted by molar-refractivity contribution is 0.730. The maximum atomic E-state index is 12.7. The molecule has 3 aromatic rings. The zero-order valence-corrected chi connectivity index (χ0v) is 12.2. The van der Waals surface area contributed by atoms with Crippen LogP contribution in [0.1, 0.15) is 12.6 Å². The van der Waals surface area contributed by atoms with Gasteiger partial charge in [0.05, 0.1) is 16.6 Å². The summed E-state index contributed by atoms with van der Waals surface area (Å²) >= 11 is 0. The summed E-state index contributed by atoms with van der Waals surface area (Å²) in [7, 11) is 1.62. The molecule has 0 radical (unpaired) electrons. The van der Waals surface area contributed by atoms with Crippen LogP contribution in [0.25, 0.3) is 22.3 Å². The quantitative estimate of drug-likeness (QED) is 0.773. The molecule has 2 heterocycles. The molecule has 0 aliphatic heterocycles. The van der Waals surface area contributed by atoms with Crippen molar-refractivity contribution in [2.45, 2.75) is 20.4 Å². The summed E-state index contributed by atoms with van der Waals surface area (Å²) < 4.78 is 3.00. The molecule has 2 aromatic heterocycles. The first-order valence-corrected chi connectivity index (χ1v) is 6.80. The van der Waals surface area contributed by atoms with E-state index in [2.05, 4.69) is 10.1 Å². The fourth-order valence-corrected chi connectivity index (χ4v) is 2.63. The summed E-state index contributed by atoms with van der Waals surface area (Å²) in [6.07, 6.45) is 0. The van der Waals surface area contributed by atoms with Gasteiger partial charge >= 0.3 is 0 Å². The third-order valence-corrected chi connectivity index (χ3v) is 3.63. The Hall–Kier alpha value is -2.63. The summed E-state index contributed by atoms with van der Waals surface area (Å²) in [5, 5.41) is 2.90. The molecule has 0 amide bonds. The number of aryl methyl sites for hydroxylation is 3. The highest BCUT2D eigenvalue weighted by Gasteiger charge is 2.19. The Morgan fingerprint density at radius 3 is 2.52 bits per heavy atom. The zero-order chi connectivity index (χ0) is 15.1. The number of hydrogen-bond donors (Lipinski definition) is 1. The van der Waals surface area contributed by atoms with E-state index in [9.17, 15) is 9.59 Å². The number of rotatable bonds is 2. The van der Waals surface area contributed by atoms with Gasteiger partial charge in [0.25, 0.3) is 11.1 Å². The van der Waals surface area contributed by atoms with Gasteiger partial charge in [-0.15, -0.1) is 0 Å². The molecule has 0 atom stereocenters. The maximum absolute atomic E-state index is 12.7. The molecule has 21 heavy (non-hydrogen) atoms. The fourth-order valence-electron chi connectivity index (χ4n) is 2.63. The highest BCUT2D eigenvalue weighted by Crippen LogP contribution is 2.17. The van der Waals surface area contributed by atoms with Crippen molar-refractivity contribution >= 4 is 11.0 Å². The monoisotopic (exact) mass is 284 g/mol. The van der Waals surface area contributed by atoms with Crippen LogP contribution in [0.15, 0.2) is 33.9 Å². The molecule has 6 heteroatoms. The standard InChI is InChI=1S/C15H16N4O2/c1-4-19-11-8-6-5-7-10(11)16-13(15(19)21)12-9(2)17-18(3)14(12)20/h5-8,17H,4H2,1-3H3. The lowest BCUT2D eigenvalue weighted by Crippen LogP contribution is -2.25. The summed E-state index contributed by atoms with van der Waals surface area (Å²) in [4.78, 5) is 29.3. The molecule has 1 N–H and O–H groups in total. The SMILES string of the molecule is CCn1c(=O)c(-c2c(C)[nH]n(C)c2=O)nc2ccccc21. The van der Waals surface area contributed by atoms with Gasteiger partial charge in [0, 0.05) is 19.3 Å². The molecule has 0 aliphatic carbocycles. The molecular weight excluding hydrogens is 268 g/mol. The number of nitrogens with one attached hydrogen (secondary N) is 1. The van der Waals surface area contributed by atoms with E-state index >= 15 is 0 Å². The molecule has 108 valence electrons. The van der Waals surface area contributed by atoms with E-state index in [1.807, 2.05) is 31.2 Å². The van der Waals surface area contributed by atoms with E-state index in [-0.39, 0.29) is 16.8 Å². The minimum Gasteiger partial charge on any atom is -0.305 e. The van der Waals surface area contributed by atoms with E-state index in [4.69, 9.17) is 0 Å². The number of para-hydroxylation sites is 2. The van der Waals surface area contributed by atoms with Gasteiger partial charge in [0.1, 0.15) is 5.69 Å². The van der Waals surface area contributed by atoms with E-state index in [0.29, 0.717) is 23.3 Å². The van der Waals surface area contributed by atoms with Crippen molar-refractivity contribution in [1.29, 1.82) is 0 Å². The van der Waals surface area contributed by atoms with Crippen molar-refractivity contribution in [1.82, 2.24) is 19.3 Å². The number of benzene rings is 1. The van der Waals surface area contributed by atoms with Crippen molar-refractivity contribution in [2.75, 3.05) is 0 Å². The predicted octanol–water partition coefficient (Wildman–Crippen LogP) is 1.42. The lowest BCUT2D eigenvalue weighted by atomic mass is 10.1. The van der Waals surface area contributed by atoms with Crippen LogP contribution < -0.4 is 11.1 Å². The van der Waals surface area contributed by atoms with Crippen LogP contribution in [0.3, 0.4) is 0 Å². The normalized spacial score (nSPS) is 11.2. The number of aromatic amines is 1. The third-order valence-electron chi connectivity index (χ3n) is 3.63. The van der Waals surface area contributed by atoms with Crippen LogP contribution in [0.5, 0.6) is 0 Å². The van der Waals surface area contributed by atoms with Gasteiger partial charge in [0.2, 0.25) is 0 Å². The lowest BCUT2D eigenvalue weighted by Gasteiger charge is -2.09. The van der Waals surface area contributed by atoms with E-state index in [0.717, 1.165) is 5.52 Å². The van der Waals surface area contributed by atoms with Gasteiger partial charge in [-0.25, -0.2) is 4.98 Å². The Kier molecular flexibility index (Phi) is 3.01. The highest BCUT2D eigenvalue weighted by atomic mass is 16.1. The molecular formula is C15H16N4O2. The Bertz CT molecular complexity index is 946. The molecule has 0 bridgehead atoms. The van der Waals surface area contributed by atoms with Gasteiger partial charge < -0.3 is 4.57 Å². The average molecular weight is 284 g/mol. The van der Waals surface area contributed by atoms with E-state index in [1.165, 1.54) is 4.68 Å². The Balaban J connectivity index is 2.47. The Labute approximate surface area is 120 Å². The van der Waals surface area contributed by atoms with Crippen LogP contribution >= 0.6 is 0 Å². The minimum atomic E-state index is -0.241. The smallest absolute Gasteiger partial charge is 0.277 e. The molecule has 0 aliphatic rings. The first kappa shape index (κ1) is 13.4. The third kappa shape index (κ3) is 1.91. The van der Waals surface area contributed by atoms with Gasteiger partial charge in [0.15, 0.2) is 0 Å². The molecule has 6 nitrogen and oxygen atoms in total. The number of aromatic nitrogens is 4. The predicted molar refractivity (Wildman–Crippen MR) is 81.4 cm³/mol. The molecule has 0 fully saturated rings. The molecule has 3 rings (SSSR count). The number of hydrogen-bond acceptors (Lipinski definition) is 3. The largest absolute Gasteiger partial charge is 0.305 e. The van der Waals surface area contributed by atoms with Crippen molar-refractivity contribution in [2.24, 2.45) is 7.05 Å². The number of H-pyrrole nitrogens is 1. The second-order valence-electron chi connectivity index (χ2n) is 4.97. The molecule has 1 aromatic carbocycles. The average Bonchev–Trinajstić information content (AvgIpc) is 2.72. The number of fused-ring (bicyclic) bond motifs is 1. The van der Waals surface area contributed by atoms with Crippen LogP contribution in [0.2, 0.25) is 0 Å². The number of nitrogens with zero attached hydrogens (tertiary/aromatic N) is 3. The van der Waals surface area contributed by atoms with E-state index < -0.39 is 0 Å². The van der Waals surface area contributed by atoms with Gasteiger partial charge in [-0.1, -0.05) is 12.1 Å². The zero-order valence-electron chi connectivity index (χ0n) is 12.2. The van der Waals surface area contributed by atoms with Crippen LogP contribution in [0.4, 0.5) is 0 Å². The van der Waals surface area contributed by atoms with Crippen molar-refractivity contribution < 1.29 is 0 Å². The van der Waals surface area contributed by atoms with Crippen LogP contribution in [-0.2, 0) is 13.6 Å². The second-order valence-corrected chi connectivity index (χ2v) is 4.97. The maximum Gasteiger partial charge on any atom is 0.277 e. The summed E-state index contributed by atoms with van der Waals surface area (Å²) in [5.41, 5.74) is 2.19. The van der Waals surface area contributed by atoms with Gasteiger partial charge in [-0.05, 0) is 26.0 Å². The summed E-state index contributed by atoms with van der Waals surface area (Å²) in [6.45, 7) is 4.20. The topological polar surface area (TPSA) is 72.7 Å². The van der Waals surface area contributed by atoms with Crippen molar-refractivity contribution in [3.05, 3.63) is 50.7 Å². The molecule has 0 spiro atoms. The van der Waals surface area contributed by atoms with E-state index in [1.54, 1.807) is 18.5 Å². The van der Waals surface area contributed by atoms with Crippen molar-refractivity contribution in [3.8, 4) is 11.3 Å². The Morgan fingerprint density at radius 2 is 1.90 bits per heavy atom. The molecule has 0 saturated carbocycles. The van der Waals surface area contributed by atoms with Gasteiger partial charge in [-0.2, -0.15) is 0 Å². The van der Waals surface area contributed by atoms with Gasteiger partial charge in [-0.3, -0.25) is 19.4 Å². The van der Waals surface area contributed by atoms with Crippen LogP contribution in [-0.4, -0.2) is 19.3 Å².